The fraction of sp³-hybridized carbons (Fsp3) is 0.200. The molecule has 1 heterocycles. The first-order valence-corrected chi connectivity index (χ1v) is 6.62. The van der Waals surface area contributed by atoms with E-state index in [4.69, 9.17) is 10.5 Å². The Hall–Kier alpha value is -1.76. The Morgan fingerprint density at radius 1 is 1.33 bits per heavy atom. The van der Waals surface area contributed by atoms with Crippen LogP contribution in [0.25, 0.3) is 0 Å². The van der Waals surface area contributed by atoms with Crippen LogP contribution in [0.15, 0.2) is 35.7 Å². The molecule has 2 rings (SSSR count). The summed E-state index contributed by atoms with van der Waals surface area (Å²) < 4.78 is 5.73. The fourth-order valence-corrected chi connectivity index (χ4v) is 2.26. The smallest absolute Gasteiger partial charge is 0.122 e. The first-order valence-electron chi connectivity index (χ1n) is 5.74. The molecule has 0 spiro atoms. The van der Waals surface area contributed by atoms with Crippen molar-refractivity contribution in [3.63, 3.8) is 0 Å². The third-order valence-electron chi connectivity index (χ3n) is 2.36. The molecule has 0 aliphatic heterocycles. The van der Waals surface area contributed by atoms with Crippen LogP contribution in [0.5, 0.6) is 5.75 Å². The largest absolute Gasteiger partial charge is 0.488 e. The second kappa shape index (κ2) is 6.25. The number of nitrogens with two attached hydrogens (primary N) is 1. The Labute approximate surface area is 111 Å². The second-order valence-electron chi connectivity index (χ2n) is 3.91. The van der Waals surface area contributed by atoms with E-state index in [-0.39, 0.29) is 0 Å². The monoisotopic (exact) mass is 257 g/mol. The highest BCUT2D eigenvalue weighted by Gasteiger charge is 1.99. The molecule has 18 heavy (non-hydrogen) atoms. The lowest BCUT2D eigenvalue weighted by Crippen LogP contribution is -1.93. The van der Waals surface area contributed by atoms with Crippen molar-refractivity contribution in [2.24, 2.45) is 5.73 Å². The summed E-state index contributed by atoms with van der Waals surface area (Å²) in [4.78, 5) is 1.16. The quantitative estimate of drug-likeness (QED) is 0.858. The average molecular weight is 257 g/mol. The van der Waals surface area contributed by atoms with E-state index in [1.807, 2.05) is 29.6 Å². The third-order valence-corrected chi connectivity index (χ3v) is 3.27. The van der Waals surface area contributed by atoms with Crippen molar-refractivity contribution >= 4 is 11.3 Å². The molecule has 0 unspecified atom stereocenters. The lowest BCUT2D eigenvalue weighted by Gasteiger charge is -2.04. The van der Waals surface area contributed by atoms with Gasteiger partial charge in [0.15, 0.2) is 0 Å². The summed E-state index contributed by atoms with van der Waals surface area (Å²) in [5.74, 6) is 6.76. The molecule has 92 valence electrons. The van der Waals surface area contributed by atoms with Crippen LogP contribution in [0.3, 0.4) is 0 Å². The summed E-state index contributed by atoms with van der Waals surface area (Å²) in [6, 6.07) is 10.1. The summed E-state index contributed by atoms with van der Waals surface area (Å²) in [5.41, 5.74) is 7.55. The molecule has 0 aliphatic carbocycles. The third kappa shape index (κ3) is 3.63. The molecule has 2 nitrogen and oxygen atoms in total. The number of hydrogen-bond acceptors (Lipinski definition) is 3. The molecule has 1 aromatic carbocycles. The van der Waals surface area contributed by atoms with Crippen molar-refractivity contribution in [3.8, 4) is 17.6 Å². The molecule has 1 aromatic heterocycles. The summed E-state index contributed by atoms with van der Waals surface area (Å²) in [7, 11) is 0. The predicted molar refractivity (Wildman–Crippen MR) is 75.8 cm³/mol. The van der Waals surface area contributed by atoms with Crippen LogP contribution in [-0.4, -0.2) is 6.54 Å². The van der Waals surface area contributed by atoms with E-state index >= 15 is 0 Å². The zero-order valence-electron chi connectivity index (χ0n) is 10.3. The number of hydrogen-bond donors (Lipinski definition) is 1. The molecule has 0 atom stereocenters. The van der Waals surface area contributed by atoms with E-state index in [1.165, 1.54) is 5.56 Å². The van der Waals surface area contributed by atoms with Gasteiger partial charge < -0.3 is 10.5 Å². The van der Waals surface area contributed by atoms with Crippen molar-refractivity contribution in [2.45, 2.75) is 13.5 Å². The van der Waals surface area contributed by atoms with Crippen LogP contribution in [0.2, 0.25) is 0 Å². The average Bonchev–Trinajstić information content (AvgIpc) is 2.82. The van der Waals surface area contributed by atoms with Gasteiger partial charge in [0.1, 0.15) is 12.4 Å². The zero-order valence-corrected chi connectivity index (χ0v) is 11.1. The summed E-state index contributed by atoms with van der Waals surface area (Å²) in [6.07, 6.45) is 0. The number of thiophene rings is 1. The van der Waals surface area contributed by atoms with Gasteiger partial charge in [-0.15, -0.1) is 11.3 Å². The fourth-order valence-electron chi connectivity index (χ4n) is 1.53. The van der Waals surface area contributed by atoms with Crippen LogP contribution in [-0.2, 0) is 6.61 Å². The first kappa shape index (κ1) is 12.7. The van der Waals surface area contributed by atoms with Crippen LogP contribution < -0.4 is 10.5 Å². The van der Waals surface area contributed by atoms with Crippen molar-refractivity contribution in [3.05, 3.63) is 51.7 Å². The van der Waals surface area contributed by atoms with Gasteiger partial charge in [0.05, 0.1) is 6.54 Å². The van der Waals surface area contributed by atoms with E-state index in [0.29, 0.717) is 13.2 Å². The molecule has 0 bridgehead atoms. The normalized spacial score (nSPS) is 9.67. The molecule has 0 radical (unpaired) electrons. The lowest BCUT2D eigenvalue weighted by atomic mass is 10.2. The summed E-state index contributed by atoms with van der Waals surface area (Å²) >= 11 is 1.66. The summed E-state index contributed by atoms with van der Waals surface area (Å²) in [6.45, 7) is 3.03. The Balaban J connectivity index is 1.96. The Kier molecular flexibility index (Phi) is 4.40. The van der Waals surface area contributed by atoms with Crippen LogP contribution in [0, 0.1) is 18.8 Å². The van der Waals surface area contributed by atoms with Gasteiger partial charge in [-0.3, -0.25) is 0 Å². The van der Waals surface area contributed by atoms with Crippen molar-refractivity contribution in [1.29, 1.82) is 0 Å². The van der Waals surface area contributed by atoms with Crippen molar-refractivity contribution in [1.82, 2.24) is 0 Å². The van der Waals surface area contributed by atoms with Gasteiger partial charge in [-0.05, 0) is 30.7 Å². The number of benzene rings is 1. The topological polar surface area (TPSA) is 35.2 Å². The van der Waals surface area contributed by atoms with E-state index in [2.05, 4.69) is 24.8 Å². The Morgan fingerprint density at radius 3 is 3.00 bits per heavy atom. The maximum atomic E-state index is 5.73. The SMILES string of the molecule is Cc1cccc(OCc2cc(C#CCN)cs2)c1. The van der Waals surface area contributed by atoms with Gasteiger partial charge in [-0.2, -0.15) is 0 Å². The number of aryl methyl sites for hydroxylation is 1. The molecule has 0 amide bonds. The van der Waals surface area contributed by atoms with Crippen molar-refractivity contribution < 1.29 is 4.74 Å². The standard InChI is InChI=1S/C15H15NOS/c1-12-4-2-6-14(8-12)17-10-15-9-13(11-18-15)5-3-7-16/h2,4,6,8-9,11H,7,10,16H2,1H3. The molecule has 2 N–H and O–H groups in total. The molecular formula is C15H15NOS. The second-order valence-corrected chi connectivity index (χ2v) is 4.91. The minimum absolute atomic E-state index is 0.394. The summed E-state index contributed by atoms with van der Waals surface area (Å²) in [5, 5.41) is 2.03. The number of rotatable bonds is 3. The van der Waals surface area contributed by atoms with Gasteiger partial charge in [0.2, 0.25) is 0 Å². The van der Waals surface area contributed by atoms with E-state index in [0.717, 1.165) is 16.2 Å². The minimum atomic E-state index is 0.394. The zero-order chi connectivity index (χ0) is 12.8. The lowest BCUT2D eigenvalue weighted by molar-refractivity contribution is 0.309. The van der Waals surface area contributed by atoms with E-state index in [1.54, 1.807) is 11.3 Å². The van der Waals surface area contributed by atoms with Crippen LogP contribution in [0.4, 0.5) is 0 Å². The van der Waals surface area contributed by atoms with Gasteiger partial charge in [-0.25, -0.2) is 0 Å². The maximum Gasteiger partial charge on any atom is 0.122 e. The van der Waals surface area contributed by atoms with E-state index in [9.17, 15) is 0 Å². The number of ether oxygens (including phenoxy) is 1. The molecule has 0 saturated carbocycles. The molecule has 3 heteroatoms. The molecule has 0 fully saturated rings. The Morgan fingerprint density at radius 2 is 2.22 bits per heavy atom. The van der Waals surface area contributed by atoms with Gasteiger partial charge in [-0.1, -0.05) is 24.0 Å². The van der Waals surface area contributed by atoms with Gasteiger partial charge >= 0.3 is 0 Å². The minimum Gasteiger partial charge on any atom is -0.488 e. The van der Waals surface area contributed by atoms with Gasteiger partial charge in [0.25, 0.3) is 0 Å². The highest BCUT2D eigenvalue weighted by Crippen LogP contribution is 2.18. The van der Waals surface area contributed by atoms with E-state index < -0.39 is 0 Å². The highest BCUT2D eigenvalue weighted by atomic mass is 32.1. The van der Waals surface area contributed by atoms with Crippen LogP contribution >= 0.6 is 11.3 Å². The first-order chi connectivity index (χ1) is 8.78. The van der Waals surface area contributed by atoms with Gasteiger partial charge in [0, 0.05) is 15.8 Å². The molecular weight excluding hydrogens is 242 g/mol. The molecule has 0 saturated heterocycles. The highest BCUT2D eigenvalue weighted by molar-refractivity contribution is 7.10. The molecule has 2 aromatic rings. The van der Waals surface area contributed by atoms with Crippen molar-refractivity contribution in [2.75, 3.05) is 6.54 Å². The van der Waals surface area contributed by atoms with Crippen LogP contribution in [0.1, 0.15) is 16.0 Å². The Bertz CT molecular complexity index is 577. The predicted octanol–water partition coefficient (Wildman–Crippen LogP) is 2.95. The molecule has 0 aliphatic rings. The maximum absolute atomic E-state index is 5.73.